The highest BCUT2D eigenvalue weighted by molar-refractivity contribution is 7.92. The van der Waals surface area contributed by atoms with Gasteiger partial charge in [-0.2, -0.15) is 0 Å². The minimum absolute atomic E-state index is 0.0683. The number of rotatable bonds is 8. The number of sulfonamides is 1. The lowest BCUT2D eigenvalue weighted by atomic mass is 10.3. The first kappa shape index (κ1) is 15.4. The van der Waals surface area contributed by atoms with Gasteiger partial charge in [-0.1, -0.05) is 6.92 Å². The third kappa shape index (κ3) is 4.89. The summed E-state index contributed by atoms with van der Waals surface area (Å²) in [4.78, 5) is 4.25. The molecule has 0 radical (unpaired) electrons. The number of nitrogens with one attached hydrogen (secondary N) is 2. The van der Waals surface area contributed by atoms with Gasteiger partial charge in [-0.25, -0.2) is 13.4 Å². The number of aromatic nitrogens is 1. The predicted molar refractivity (Wildman–Crippen MR) is 73.5 cm³/mol. The van der Waals surface area contributed by atoms with Crippen LogP contribution in [0.3, 0.4) is 0 Å². The Bertz CT molecular complexity index is 459. The highest BCUT2D eigenvalue weighted by atomic mass is 32.2. The fourth-order valence-corrected chi connectivity index (χ4v) is 3.34. The van der Waals surface area contributed by atoms with Crippen molar-refractivity contribution in [1.82, 2.24) is 10.3 Å². The highest BCUT2D eigenvalue weighted by Gasteiger charge is 2.14. The van der Waals surface area contributed by atoms with Gasteiger partial charge in [0.25, 0.3) is 0 Å². The van der Waals surface area contributed by atoms with Crippen molar-refractivity contribution in [1.29, 1.82) is 0 Å². The van der Waals surface area contributed by atoms with Crippen LogP contribution in [-0.2, 0) is 14.8 Å². The average Bonchev–Trinajstić information content (AvgIpc) is 2.74. The molecule has 0 aromatic carbocycles. The summed E-state index contributed by atoms with van der Waals surface area (Å²) in [6.45, 7) is 5.01. The predicted octanol–water partition coefficient (Wildman–Crippen LogP) is 1.20. The molecular formula is C10H19N3O3S2. The molecule has 0 saturated carbocycles. The van der Waals surface area contributed by atoms with Gasteiger partial charge >= 0.3 is 0 Å². The quantitative estimate of drug-likeness (QED) is 0.753. The maximum Gasteiger partial charge on any atom is 0.236 e. The van der Waals surface area contributed by atoms with E-state index in [0.717, 1.165) is 12.2 Å². The lowest BCUT2D eigenvalue weighted by Gasteiger charge is -2.08. The molecule has 1 atom stereocenters. The van der Waals surface area contributed by atoms with Crippen LogP contribution in [0, 0.1) is 0 Å². The summed E-state index contributed by atoms with van der Waals surface area (Å²) in [5.41, 5.74) is 0.839. The zero-order valence-corrected chi connectivity index (χ0v) is 12.4. The molecule has 104 valence electrons. The molecule has 1 heterocycles. The number of hydrogen-bond acceptors (Lipinski definition) is 6. The van der Waals surface area contributed by atoms with Crippen molar-refractivity contribution in [2.45, 2.75) is 19.9 Å². The van der Waals surface area contributed by atoms with E-state index in [-0.39, 0.29) is 18.4 Å². The molecule has 0 aliphatic carbocycles. The molecule has 1 unspecified atom stereocenters. The van der Waals surface area contributed by atoms with E-state index in [1.165, 1.54) is 18.4 Å². The van der Waals surface area contributed by atoms with Crippen LogP contribution in [0.4, 0.5) is 5.13 Å². The Morgan fingerprint density at radius 3 is 2.89 bits per heavy atom. The van der Waals surface area contributed by atoms with Gasteiger partial charge in [-0.05, 0) is 13.5 Å². The third-order valence-corrected chi connectivity index (χ3v) is 4.39. The summed E-state index contributed by atoms with van der Waals surface area (Å²) in [7, 11) is -1.90. The molecule has 6 nitrogen and oxygen atoms in total. The molecule has 0 fully saturated rings. The zero-order chi connectivity index (χ0) is 13.6. The van der Waals surface area contributed by atoms with Crippen LogP contribution in [0.15, 0.2) is 5.38 Å². The number of ether oxygens (including phenoxy) is 1. The van der Waals surface area contributed by atoms with E-state index in [0.29, 0.717) is 5.13 Å². The molecule has 1 aromatic rings. The first-order chi connectivity index (χ1) is 8.48. The Hall–Kier alpha value is -0.700. The van der Waals surface area contributed by atoms with Gasteiger partial charge in [0.15, 0.2) is 5.13 Å². The smallest absolute Gasteiger partial charge is 0.236 e. The van der Waals surface area contributed by atoms with E-state index >= 15 is 0 Å². The van der Waals surface area contributed by atoms with Gasteiger partial charge < -0.3 is 10.1 Å². The second-order valence-corrected chi connectivity index (χ2v) is 6.47. The highest BCUT2D eigenvalue weighted by Crippen LogP contribution is 2.21. The molecule has 18 heavy (non-hydrogen) atoms. The lowest BCUT2D eigenvalue weighted by molar-refractivity contribution is 0.217. The summed E-state index contributed by atoms with van der Waals surface area (Å²) in [5.74, 6) is -0.0683. The van der Waals surface area contributed by atoms with Gasteiger partial charge in [0.05, 0.1) is 18.1 Å². The Balaban J connectivity index is 2.63. The second kappa shape index (κ2) is 7.03. The van der Waals surface area contributed by atoms with Gasteiger partial charge in [0.1, 0.15) is 0 Å². The molecule has 1 aromatic heterocycles. The van der Waals surface area contributed by atoms with Crippen molar-refractivity contribution in [3.05, 3.63) is 11.1 Å². The van der Waals surface area contributed by atoms with Gasteiger partial charge in [-0.3, -0.25) is 4.72 Å². The van der Waals surface area contributed by atoms with E-state index in [4.69, 9.17) is 4.74 Å². The van der Waals surface area contributed by atoms with Crippen LogP contribution in [-0.4, -0.2) is 39.4 Å². The maximum absolute atomic E-state index is 11.6. The van der Waals surface area contributed by atoms with E-state index in [1.807, 2.05) is 19.2 Å². The minimum atomic E-state index is -3.37. The summed E-state index contributed by atoms with van der Waals surface area (Å²) in [6.07, 6.45) is 0. The van der Waals surface area contributed by atoms with Crippen molar-refractivity contribution in [2.75, 3.05) is 30.7 Å². The standard InChI is InChI=1S/C10H19N3O3S2/c1-4-11-8(2)9-7-17-10(12-9)13-18(14,15)6-5-16-3/h7-8,11H,4-6H2,1-3H3,(H,12,13). The minimum Gasteiger partial charge on any atom is -0.384 e. The van der Waals surface area contributed by atoms with E-state index in [2.05, 4.69) is 15.0 Å². The maximum atomic E-state index is 11.6. The number of hydrogen-bond donors (Lipinski definition) is 2. The summed E-state index contributed by atoms with van der Waals surface area (Å²) in [6, 6.07) is 0.114. The fraction of sp³-hybridized carbons (Fsp3) is 0.700. The fourth-order valence-electron chi connectivity index (χ4n) is 1.32. The monoisotopic (exact) mass is 293 g/mol. The SMILES string of the molecule is CCNC(C)c1csc(NS(=O)(=O)CCOC)n1. The number of thiazole rings is 1. The van der Waals surface area contributed by atoms with Crippen molar-refractivity contribution >= 4 is 26.5 Å². The molecule has 8 heteroatoms. The molecule has 0 amide bonds. The molecule has 0 aliphatic rings. The lowest BCUT2D eigenvalue weighted by Crippen LogP contribution is -2.20. The number of nitrogens with zero attached hydrogens (tertiary/aromatic N) is 1. The summed E-state index contributed by atoms with van der Waals surface area (Å²) < 4.78 is 30.4. The van der Waals surface area contributed by atoms with Gasteiger partial charge in [0.2, 0.25) is 10.0 Å². The Morgan fingerprint density at radius 2 is 2.28 bits per heavy atom. The number of anilines is 1. The largest absolute Gasteiger partial charge is 0.384 e. The van der Waals surface area contributed by atoms with Gasteiger partial charge in [-0.15, -0.1) is 11.3 Å². The molecule has 0 bridgehead atoms. The topological polar surface area (TPSA) is 80.3 Å². The van der Waals surface area contributed by atoms with Crippen molar-refractivity contribution in [2.24, 2.45) is 0 Å². The van der Waals surface area contributed by atoms with Crippen LogP contribution in [0.25, 0.3) is 0 Å². The summed E-state index contributed by atoms with van der Waals surface area (Å²) >= 11 is 1.28. The first-order valence-corrected chi connectivity index (χ1v) is 8.20. The van der Waals surface area contributed by atoms with Crippen LogP contribution in [0.5, 0.6) is 0 Å². The van der Waals surface area contributed by atoms with Crippen LogP contribution < -0.4 is 10.0 Å². The molecule has 0 aliphatic heterocycles. The van der Waals surface area contributed by atoms with Crippen molar-refractivity contribution in [3.63, 3.8) is 0 Å². The number of methoxy groups -OCH3 is 1. The van der Waals surface area contributed by atoms with Crippen LogP contribution >= 0.6 is 11.3 Å². The normalized spacial score (nSPS) is 13.5. The molecular weight excluding hydrogens is 274 g/mol. The Kier molecular flexibility index (Phi) is 6.00. The summed E-state index contributed by atoms with van der Waals surface area (Å²) in [5, 5.41) is 5.46. The Morgan fingerprint density at radius 1 is 1.56 bits per heavy atom. The van der Waals surface area contributed by atoms with Crippen molar-refractivity contribution < 1.29 is 13.2 Å². The van der Waals surface area contributed by atoms with Crippen molar-refractivity contribution in [3.8, 4) is 0 Å². The van der Waals surface area contributed by atoms with E-state index < -0.39 is 10.0 Å². The molecule has 0 saturated heterocycles. The van der Waals surface area contributed by atoms with Crippen LogP contribution in [0.2, 0.25) is 0 Å². The van der Waals surface area contributed by atoms with E-state index in [1.54, 1.807) is 0 Å². The van der Waals surface area contributed by atoms with Crippen LogP contribution in [0.1, 0.15) is 25.6 Å². The Labute approximate surface area is 112 Å². The average molecular weight is 293 g/mol. The first-order valence-electron chi connectivity index (χ1n) is 5.66. The zero-order valence-electron chi connectivity index (χ0n) is 10.8. The van der Waals surface area contributed by atoms with E-state index in [9.17, 15) is 8.42 Å². The van der Waals surface area contributed by atoms with Gasteiger partial charge in [0, 0.05) is 18.5 Å². The molecule has 0 spiro atoms. The second-order valence-electron chi connectivity index (χ2n) is 3.77. The third-order valence-electron chi connectivity index (χ3n) is 2.27. The molecule has 2 N–H and O–H groups in total. The molecule has 1 rings (SSSR count).